The predicted molar refractivity (Wildman–Crippen MR) is 127 cm³/mol. The predicted octanol–water partition coefficient (Wildman–Crippen LogP) is 6.10. The summed E-state index contributed by atoms with van der Waals surface area (Å²) in [5, 5.41) is 1.07. The molecule has 4 nitrogen and oxygen atoms in total. The van der Waals surface area contributed by atoms with E-state index in [4.69, 9.17) is 19.3 Å². The molecule has 31 heavy (non-hydrogen) atoms. The zero-order chi connectivity index (χ0) is 21.6. The minimum Gasteiger partial charge on any atom is -0.403 e. The summed E-state index contributed by atoms with van der Waals surface area (Å²) in [6.45, 7) is 8.39. The molecule has 2 heterocycles. The van der Waals surface area contributed by atoms with Gasteiger partial charge in [-0.2, -0.15) is 0 Å². The van der Waals surface area contributed by atoms with Crippen LogP contribution < -0.4 is 0 Å². The highest BCUT2D eigenvalue weighted by Gasteiger charge is 2.53. The molecular weight excluding hydrogens is 383 g/mol. The van der Waals surface area contributed by atoms with Crippen molar-refractivity contribution in [2.75, 3.05) is 0 Å². The molecule has 1 fully saturated rings. The SMILES string of the molecule is CC1(C)OB(C2C=CC=C(c3nc(-c4ccccc4)nc4ccccc34)C2)OC1(C)C. The summed E-state index contributed by atoms with van der Waals surface area (Å²) in [6, 6.07) is 18.4. The number of allylic oxidation sites excluding steroid dienone is 4. The molecule has 0 N–H and O–H groups in total. The van der Waals surface area contributed by atoms with Crippen LogP contribution in [0.15, 0.2) is 72.8 Å². The van der Waals surface area contributed by atoms with Gasteiger partial charge in [0.05, 0.1) is 22.4 Å². The largest absolute Gasteiger partial charge is 0.465 e. The average Bonchev–Trinajstić information content (AvgIpc) is 3.00. The second kappa shape index (κ2) is 7.43. The topological polar surface area (TPSA) is 44.2 Å². The molecule has 0 amide bonds. The molecule has 1 atom stereocenters. The minimum atomic E-state index is -0.338. The zero-order valence-electron chi connectivity index (χ0n) is 18.5. The molecule has 5 heteroatoms. The third-order valence-corrected chi connectivity index (χ3v) is 6.67. The van der Waals surface area contributed by atoms with Crippen molar-refractivity contribution in [3.8, 4) is 11.4 Å². The molecule has 0 radical (unpaired) electrons. The van der Waals surface area contributed by atoms with Crippen LogP contribution in [-0.4, -0.2) is 28.3 Å². The number of nitrogens with zero attached hydrogens (tertiary/aromatic N) is 2. The third-order valence-electron chi connectivity index (χ3n) is 6.67. The van der Waals surface area contributed by atoms with E-state index in [1.165, 1.54) is 5.57 Å². The fraction of sp³-hybridized carbons (Fsp3) is 0.308. The first-order valence-corrected chi connectivity index (χ1v) is 10.9. The molecule has 3 aromatic rings. The molecule has 156 valence electrons. The van der Waals surface area contributed by atoms with Crippen molar-refractivity contribution in [1.82, 2.24) is 9.97 Å². The van der Waals surface area contributed by atoms with Gasteiger partial charge in [0.1, 0.15) is 0 Å². The molecular formula is C26H27BN2O2. The van der Waals surface area contributed by atoms with E-state index in [0.29, 0.717) is 0 Å². The number of hydrogen-bond acceptors (Lipinski definition) is 4. The Labute approximate surface area is 184 Å². The third kappa shape index (κ3) is 3.62. The van der Waals surface area contributed by atoms with Crippen molar-refractivity contribution < 1.29 is 9.31 Å². The van der Waals surface area contributed by atoms with Gasteiger partial charge >= 0.3 is 7.12 Å². The average molecular weight is 410 g/mol. The summed E-state index contributed by atoms with van der Waals surface area (Å²) >= 11 is 0. The second-order valence-electron chi connectivity index (χ2n) is 9.35. The summed E-state index contributed by atoms with van der Waals surface area (Å²) in [6.07, 6.45) is 7.26. The van der Waals surface area contributed by atoms with E-state index in [0.717, 1.165) is 34.4 Å². The Morgan fingerprint density at radius 1 is 0.871 bits per heavy atom. The lowest BCUT2D eigenvalue weighted by molar-refractivity contribution is 0.00578. The normalized spacial score (nSPS) is 22.0. The molecule has 2 aliphatic rings. The van der Waals surface area contributed by atoms with Crippen LogP contribution in [0.5, 0.6) is 0 Å². The lowest BCUT2D eigenvalue weighted by Crippen LogP contribution is -2.41. The van der Waals surface area contributed by atoms with Crippen LogP contribution in [-0.2, 0) is 9.31 Å². The molecule has 2 aromatic carbocycles. The fourth-order valence-corrected chi connectivity index (χ4v) is 4.17. The number of aromatic nitrogens is 2. The molecule has 1 aliphatic carbocycles. The lowest BCUT2D eigenvalue weighted by Gasteiger charge is -2.32. The lowest BCUT2D eigenvalue weighted by atomic mass is 9.66. The number of rotatable bonds is 3. The van der Waals surface area contributed by atoms with E-state index in [-0.39, 0.29) is 24.1 Å². The van der Waals surface area contributed by atoms with Crippen molar-refractivity contribution in [1.29, 1.82) is 0 Å². The minimum absolute atomic E-state index is 0.134. The molecule has 1 aromatic heterocycles. The number of para-hydroxylation sites is 1. The van der Waals surface area contributed by atoms with Crippen molar-refractivity contribution in [3.63, 3.8) is 0 Å². The van der Waals surface area contributed by atoms with Gasteiger partial charge < -0.3 is 9.31 Å². The Kier molecular flexibility index (Phi) is 4.84. The van der Waals surface area contributed by atoms with Crippen LogP contribution in [0.1, 0.15) is 39.8 Å². The second-order valence-corrected chi connectivity index (χ2v) is 9.35. The first kappa shape index (κ1) is 20.2. The molecule has 5 rings (SSSR count). The van der Waals surface area contributed by atoms with Crippen LogP contribution >= 0.6 is 0 Å². The summed E-state index contributed by atoms with van der Waals surface area (Å²) in [5.74, 6) is 0.881. The summed E-state index contributed by atoms with van der Waals surface area (Å²) in [4.78, 5) is 9.85. The van der Waals surface area contributed by atoms with E-state index in [2.05, 4.69) is 70.2 Å². The smallest absolute Gasteiger partial charge is 0.403 e. The molecule has 1 aliphatic heterocycles. The highest BCUT2D eigenvalue weighted by Crippen LogP contribution is 2.44. The van der Waals surface area contributed by atoms with Crippen molar-refractivity contribution in [3.05, 3.63) is 78.5 Å². The van der Waals surface area contributed by atoms with E-state index in [9.17, 15) is 0 Å². The maximum Gasteiger partial charge on any atom is 0.465 e. The maximum absolute atomic E-state index is 6.33. The molecule has 1 saturated heterocycles. The molecule has 0 spiro atoms. The number of hydrogen-bond donors (Lipinski definition) is 0. The first-order chi connectivity index (χ1) is 14.8. The first-order valence-electron chi connectivity index (χ1n) is 10.9. The van der Waals surface area contributed by atoms with Gasteiger partial charge in [-0.1, -0.05) is 66.8 Å². The monoisotopic (exact) mass is 410 g/mol. The highest BCUT2D eigenvalue weighted by atomic mass is 16.7. The Morgan fingerprint density at radius 3 is 2.29 bits per heavy atom. The van der Waals surface area contributed by atoms with Crippen molar-refractivity contribution in [2.24, 2.45) is 0 Å². The summed E-state index contributed by atoms with van der Waals surface area (Å²) < 4.78 is 12.7. The Morgan fingerprint density at radius 2 is 1.55 bits per heavy atom. The van der Waals surface area contributed by atoms with Crippen LogP contribution in [0, 0.1) is 0 Å². The van der Waals surface area contributed by atoms with Crippen LogP contribution in [0.3, 0.4) is 0 Å². The Balaban J connectivity index is 1.52. The standard InChI is InChI=1S/C26H27BN2O2/c1-25(2)26(3,4)31-27(30-25)20-14-10-13-19(17-20)23-21-15-8-9-16-22(21)28-24(29-23)18-11-6-5-7-12-18/h5-16,20H,17H2,1-4H3. The van der Waals surface area contributed by atoms with E-state index < -0.39 is 0 Å². The molecule has 0 saturated carbocycles. The molecule has 1 unspecified atom stereocenters. The van der Waals surface area contributed by atoms with Crippen LogP contribution in [0.2, 0.25) is 5.82 Å². The van der Waals surface area contributed by atoms with Gasteiger partial charge in [0.2, 0.25) is 0 Å². The van der Waals surface area contributed by atoms with Gasteiger partial charge in [-0.15, -0.1) is 0 Å². The van der Waals surface area contributed by atoms with Crippen molar-refractivity contribution >= 4 is 23.6 Å². The Hall–Kier alpha value is -2.76. The van der Waals surface area contributed by atoms with Crippen LogP contribution in [0.25, 0.3) is 27.9 Å². The summed E-state index contributed by atoms with van der Waals surface area (Å²) in [5.41, 5.74) is 3.45. The van der Waals surface area contributed by atoms with Crippen LogP contribution in [0.4, 0.5) is 0 Å². The van der Waals surface area contributed by atoms with E-state index in [1.807, 2.05) is 30.3 Å². The maximum atomic E-state index is 6.33. The van der Waals surface area contributed by atoms with E-state index >= 15 is 0 Å². The number of fused-ring (bicyclic) bond motifs is 1. The number of benzene rings is 2. The zero-order valence-corrected chi connectivity index (χ0v) is 18.5. The van der Waals surface area contributed by atoms with Gasteiger partial charge in [-0.05, 0) is 45.8 Å². The van der Waals surface area contributed by atoms with Gasteiger partial charge in [-0.25, -0.2) is 9.97 Å². The fourth-order valence-electron chi connectivity index (χ4n) is 4.17. The van der Waals surface area contributed by atoms with Gasteiger partial charge in [0, 0.05) is 16.8 Å². The Bertz CT molecular complexity index is 1170. The summed E-state index contributed by atoms with van der Waals surface area (Å²) in [7, 11) is -0.272. The highest BCUT2D eigenvalue weighted by molar-refractivity contribution is 6.48. The van der Waals surface area contributed by atoms with Gasteiger partial charge in [0.25, 0.3) is 0 Å². The van der Waals surface area contributed by atoms with Gasteiger partial charge in [0.15, 0.2) is 5.82 Å². The quantitative estimate of drug-likeness (QED) is 0.489. The van der Waals surface area contributed by atoms with Gasteiger partial charge in [-0.3, -0.25) is 0 Å². The van der Waals surface area contributed by atoms with E-state index in [1.54, 1.807) is 0 Å². The van der Waals surface area contributed by atoms with Crippen molar-refractivity contribution in [2.45, 2.75) is 51.1 Å². The molecule has 0 bridgehead atoms.